The Kier molecular flexibility index (Phi) is 3.08. The van der Waals surface area contributed by atoms with Crippen molar-refractivity contribution in [3.8, 4) is 23.0 Å². The minimum atomic E-state index is -0.0243. The lowest BCUT2D eigenvalue weighted by atomic mass is 9.75. The molecular weight excluding hydrogens is 362 g/mol. The molecule has 3 aromatic rings. The molecule has 3 aromatic carbocycles. The maximum Gasteiger partial charge on any atom is 0.135 e. The van der Waals surface area contributed by atoms with Gasteiger partial charge in [0.2, 0.25) is 0 Å². The number of ether oxygens (including phenoxy) is 2. The summed E-state index contributed by atoms with van der Waals surface area (Å²) >= 11 is 0. The van der Waals surface area contributed by atoms with Gasteiger partial charge in [0.25, 0.3) is 0 Å². The van der Waals surface area contributed by atoms with E-state index in [2.05, 4.69) is 24.1 Å². The SMILES string of the molecule is C=CC1=C2C(=C)Oc3cccc4c3C2c2c(cccc2N1c1ccc(O)cc1)O4. The molecule has 0 aliphatic carbocycles. The molecule has 0 aromatic heterocycles. The minimum Gasteiger partial charge on any atom is -0.508 e. The molecule has 0 amide bonds. The molecule has 3 heterocycles. The Labute approximate surface area is 168 Å². The van der Waals surface area contributed by atoms with Crippen molar-refractivity contribution in [3.05, 3.63) is 108 Å². The molecular formula is C25H17NO3. The van der Waals surface area contributed by atoms with Gasteiger partial charge in [0.1, 0.15) is 28.8 Å². The van der Waals surface area contributed by atoms with Crippen LogP contribution in [0.25, 0.3) is 0 Å². The highest BCUT2D eigenvalue weighted by molar-refractivity contribution is 5.84. The molecule has 3 aliphatic heterocycles. The lowest BCUT2D eigenvalue weighted by Crippen LogP contribution is -2.32. The van der Waals surface area contributed by atoms with Crippen molar-refractivity contribution in [2.75, 3.05) is 4.90 Å². The van der Waals surface area contributed by atoms with Gasteiger partial charge in [-0.1, -0.05) is 25.3 Å². The second-order valence-corrected chi connectivity index (χ2v) is 7.27. The van der Waals surface area contributed by atoms with Crippen LogP contribution in [-0.4, -0.2) is 5.11 Å². The van der Waals surface area contributed by atoms with Crippen molar-refractivity contribution in [1.29, 1.82) is 0 Å². The number of phenols is 1. The second kappa shape index (κ2) is 5.55. The van der Waals surface area contributed by atoms with E-state index in [4.69, 9.17) is 9.47 Å². The van der Waals surface area contributed by atoms with E-state index in [-0.39, 0.29) is 11.7 Å². The number of hydrogen-bond acceptors (Lipinski definition) is 4. The summed E-state index contributed by atoms with van der Waals surface area (Å²) in [6.45, 7) is 8.32. The zero-order valence-electron chi connectivity index (χ0n) is 15.6. The summed E-state index contributed by atoms with van der Waals surface area (Å²) in [5.41, 5.74) is 5.94. The molecule has 0 fully saturated rings. The molecule has 1 unspecified atom stereocenters. The summed E-state index contributed by atoms with van der Waals surface area (Å²) in [6.07, 6.45) is 1.84. The van der Waals surface area contributed by atoms with Crippen LogP contribution in [0.3, 0.4) is 0 Å². The lowest BCUT2D eigenvalue weighted by molar-refractivity contribution is 0.379. The van der Waals surface area contributed by atoms with Crippen LogP contribution in [0.1, 0.15) is 17.0 Å². The van der Waals surface area contributed by atoms with Crippen LogP contribution in [0.5, 0.6) is 23.0 Å². The third-order valence-corrected chi connectivity index (χ3v) is 5.75. The van der Waals surface area contributed by atoms with Gasteiger partial charge in [0, 0.05) is 22.4 Å². The maximum absolute atomic E-state index is 9.76. The van der Waals surface area contributed by atoms with Crippen molar-refractivity contribution < 1.29 is 14.6 Å². The predicted molar refractivity (Wildman–Crippen MR) is 112 cm³/mol. The van der Waals surface area contributed by atoms with Crippen molar-refractivity contribution in [2.24, 2.45) is 0 Å². The van der Waals surface area contributed by atoms with Crippen LogP contribution in [0, 0.1) is 0 Å². The number of aromatic hydroxyl groups is 1. The monoisotopic (exact) mass is 379 g/mol. The molecule has 1 atom stereocenters. The summed E-state index contributed by atoms with van der Waals surface area (Å²) in [5.74, 6) is 3.23. The first-order chi connectivity index (χ1) is 14.2. The predicted octanol–water partition coefficient (Wildman–Crippen LogP) is 6.13. The van der Waals surface area contributed by atoms with Gasteiger partial charge in [0.05, 0.1) is 17.3 Å². The molecule has 1 N–H and O–H groups in total. The minimum absolute atomic E-state index is 0.0243. The third-order valence-electron chi connectivity index (χ3n) is 5.75. The zero-order valence-corrected chi connectivity index (χ0v) is 15.6. The number of phenolic OH excluding ortho intramolecular Hbond substituents is 1. The normalized spacial score (nSPS) is 18.0. The van der Waals surface area contributed by atoms with Gasteiger partial charge < -0.3 is 19.5 Å². The Morgan fingerprint density at radius 2 is 1.52 bits per heavy atom. The fraction of sp³-hybridized carbons (Fsp3) is 0.0400. The summed E-state index contributed by atoms with van der Waals surface area (Å²) in [7, 11) is 0. The van der Waals surface area contributed by atoms with E-state index in [9.17, 15) is 5.11 Å². The number of anilines is 2. The van der Waals surface area contributed by atoms with Gasteiger partial charge in [-0.05, 0) is 54.6 Å². The second-order valence-electron chi connectivity index (χ2n) is 7.27. The van der Waals surface area contributed by atoms with Gasteiger partial charge in [0.15, 0.2) is 0 Å². The quantitative estimate of drug-likeness (QED) is 0.582. The van der Waals surface area contributed by atoms with Crippen molar-refractivity contribution >= 4 is 11.4 Å². The Morgan fingerprint density at radius 1 is 0.862 bits per heavy atom. The first-order valence-corrected chi connectivity index (χ1v) is 9.44. The van der Waals surface area contributed by atoms with E-state index in [0.29, 0.717) is 5.76 Å². The van der Waals surface area contributed by atoms with Crippen LogP contribution >= 0.6 is 0 Å². The standard InChI is InChI=1S/C25H17NO3/c1-3-17-22-14(2)28-20-8-5-9-21-24(20)25(22)23-18(6-4-7-19(23)29-21)26(17)15-10-12-16(27)13-11-15/h3-13,25,27H,1-2H2. The highest BCUT2D eigenvalue weighted by atomic mass is 16.5. The number of nitrogens with zero attached hydrogens (tertiary/aromatic N) is 1. The Hall–Kier alpha value is -3.92. The molecule has 0 spiro atoms. The number of rotatable bonds is 2. The van der Waals surface area contributed by atoms with Crippen LogP contribution in [0.15, 0.2) is 96.9 Å². The Balaban J connectivity index is 1.72. The largest absolute Gasteiger partial charge is 0.508 e. The molecule has 29 heavy (non-hydrogen) atoms. The summed E-state index contributed by atoms with van der Waals surface area (Å²) in [4.78, 5) is 2.12. The van der Waals surface area contributed by atoms with Gasteiger partial charge >= 0.3 is 0 Å². The van der Waals surface area contributed by atoms with Crippen LogP contribution in [0.4, 0.5) is 11.4 Å². The Bertz CT molecular complexity index is 1250. The summed E-state index contributed by atoms with van der Waals surface area (Å²) in [6, 6.07) is 19.1. The first-order valence-electron chi connectivity index (χ1n) is 9.44. The first kappa shape index (κ1) is 16.1. The number of allylic oxidation sites excluding steroid dienone is 2. The average molecular weight is 379 g/mol. The van der Waals surface area contributed by atoms with E-state index in [1.165, 1.54) is 0 Å². The van der Waals surface area contributed by atoms with Crippen LogP contribution in [-0.2, 0) is 0 Å². The number of hydrogen-bond donors (Lipinski definition) is 1. The van der Waals surface area contributed by atoms with Gasteiger partial charge in [-0.15, -0.1) is 0 Å². The molecule has 0 bridgehead atoms. The molecule has 3 aliphatic rings. The van der Waals surface area contributed by atoms with Crippen molar-refractivity contribution in [2.45, 2.75) is 5.92 Å². The third kappa shape index (κ3) is 2.03. The van der Waals surface area contributed by atoms with Gasteiger partial charge in [-0.3, -0.25) is 0 Å². The molecule has 4 nitrogen and oxygen atoms in total. The molecule has 6 rings (SSSR count). The van der Waals surface area contributed by atoms with E-state index >= 15 is 0 Å². The fourth-order valence-corrected chi connectivity index (χ4v) is 4.62. The smallest absolute Gasteiger partial charge is 0.135 e. The number of benzene rings is 3. The van der Waals surface area contributed by atoms with E-state index in [1.54, 1.807) is 12.1 Å². The highest BCUT2D eigenvalue weighted by Crippen LogP contribution is 2.61. The Morgan fingerprint density at radius 3 is 2.24 bits per heavy atom. The molecule has 140 valence electrons. The fourth-order valence-electron chi connectivity index (χ4n) is 4.62. The zero-order chi connectivity index (χ0) is 19.7. The van der Waals surface area contributed by atoms with Crippen molar-refractivity contribution in [3.63, 3.8) is 0 Å². The van der Waals surface area contributed by atoms with Gasteiger partial charge in [-0.2, -0.15) is 0 Å². The summed E-state index contributed by atoms with van der Waals surface area (Å²) in [5, 5.41) is 9.76. The summed E-state index contributed by atoms with van der Waals surface area (Å²) < 4.78 is 12.4. The maximum atomic E-state index is 9.76. The molecule has 0 radical (unpaired) electrons. The van der Waals surface area contributed by atoms with Crippen LogP contribution in [0.2, 0.25) is 0 Å². The average Bonchev–Trinajstić information content (AvgIpc) is 2.73. The van der Waals surface area contributed by atoms with Crippen molar-refractivity contribution in [1.82, 2.24) is 0 Å². The van der Waals surface area contributed by atoms with E-state index in [1.807, 2.05) is 48.5 Å². The van der Waals surface area contributed by atoms with E-state index < -0.39 is 0 Å². The molecule has 4 heteroatoms. The van der Waals surface area contributed by atoms with Crippen LogP contribution < -0.4 is 14.4 Å². The topological polar surface area (TPSA) is 41.9 Å². The van der Waals surface area contributed by atoms with Gasteiger partial charge in [-0.25, -0.2) is 0 Å². The lowest BCUT2D eigenvalue weighted by Gasteiger charge is -2.44. The molecule has 0 saturated heterocycles. The molecule has 0 saturated carbocycles. The highest BCUT2D eigenvalue weighted by Gasteiger charge is 2.45. The van der Waals surface area contributed by atoms with E-state index in [0.717, 1.165) is 51.0 Å².